The normalized spacial score (nSPS) is 25.0. The van der Waals surface area contributed by atoms with Gasteiger partial charge < -0.3 is 4.74 Å². The van der Waals surface area contributed by atoms with E-state index in [9.17, 15) is 0 Å². The van der Waals surface area contributed by atoms with E-state index >= 15 is 0 Å². The van der Waals surface area contributed by atoms with Crippen LogP contribution in [0.5, 0.6) is 0 Å². The van der Waals surface area contributed by atoms with E-state index < -0.39 is 0 Å². The maximum Gasteiger partial charge on any atom is 0.0860 e. The van der Waals surface area contributed by atoms with Crippen molar-refractivity contribution in [3.05, 3.63) is 0 Å². The zero-order valence-electron chi connectivity index (χ0n) is 3.62. The zero-order chi connectivity index (χ0) is 3.91. The van der Waals surface area contributed by atoms with Crippen molar-refractivity contribution < 1.29 is 4.74 Å². The first-order valence-electron chi connectivity index (χ1n) is 1.85. The average Bonchev–Trinajstić information content (AvgIpc) is 1.76. The van der Waals surface area contributed by atoms with E-state index in [1.807, 2.05) is 0 Å². The van der Waals surface area contributed by atoms with Crippen LogP contribution in [0.1, 0.15) is 13.8 Å². The van der Waals surface area contributed by atoms with Gasteiger partial charge >= 0.3 is 0 Å². The monoisotopic (exact) mass is 104 g/mol. The molecule has 0 aromatic heterocycles. The van der Waals surface area contributed by atoms with E-state index in [1.54, 1.807) is 0 Å². The lowest BCUT2D eigenvalue weighted by atomic mass is 10.3. The molecule has 0 aromatic rings. The van der Waals surface area contributed by atoms with Crippen LogP contribution in [0.15, 0.2) is 0 Å². The molecule has 0 unspecified atom stereocenters. The highest BCUT2D eigenvalue weighted by atomic mass is 28.1. The van der Waals surface area contributed by atoms with Gasteiger partial charge in [-0.3, -0.25) is 0 Å². The predicted molar refractivity (Wildman–Crippen MR) is 31.4 cm³/mol. The van der Waals surface area contributed by atoms with Gasteiger partial charge in [0.15, 0.2) is 0 Å². The molecular formula is C4H12OSi. The van der Waals surface area contributed by atoms with Crippen molar-refractivity contribution >= 4 is 11.0 Å². The quantitative estimate of drug-likeness (QED) is 0.294. The zero-order valence-corrected chi connectivity index (χ0v) is 3.62. The summed E-state index contributed by atoms with van der Waals surface area (Å²) in [6.07, 6.45) is 0. The van der Waals surface area contributed by atoms with Gasteiger partial charge in [-0.2, -0.15) is 0 Å². The summed E-state index contributed by atoms with van der Waals surface area (Å²) in [5.41, 5.74) is 0.250. The third-order valence-electron chi connectivity index (χ3n) is 0.722. The number of epoxide rings is 1. The van der Waals surface area contributed by atoms with Gasteiger partial charge in [0.2, 0.25) is 0 Å². The van der Waals surface area contributed by atoms with Gasteiger partial charge in [0.25, 0.3) is 0 Å². The summed E-state index contributed by atoms with van der Waals surface area (Å²) in [5, 5.41) is 0. The average molecular weight is 104 g/mol. The molecule has 1 saturated heterocycles. The molecule has 38 valence electrons. The molecule has 0 amide bonds. The summed E-state index contributed by atoms with van der Waals surface area (Å²) >= 11 is 0. The van der Waals surface area contributed by atoms with Crippen LogP contribution in [0.4, 0.5) is 0 Å². The lowest BCUT2D eigenvalue weighted by Crippen LogP contribution is -1.90. The predicted octanol–water partition coefficient (Wildman–Crippen LogP) is -0.656. The van der Waals surface area contributed by atoms with Gasteiger partial charge in [-0.15, -0.1) is 0 Å². The molecule has 1 aliphatic rings. The van der Waals surface area contributed by atoms with E-state index in [2.05, 4.69) is 13.8 Å². The number of hydrogen-bond acceptors (Lipinski definition) is 1. The summed E-state index contributed by atoms with van der Waals surface area (Å²) in [6.45, 7) is 5.10. The van der Waals surface area contributed by atoms with Gasteiger partial charge in [-0.25, -0.2) is 0 Å². The molecule has 0 spiro atoms. The number of hydrogen-bond donors (Lipinski definition) is 0. The molecule has 0 saturated carbocycles. The topological polar surface area (TPSA) is 12.5 Å². The minimum absolute atomic E-state index is 0. The second-order valence-corrected chi connectivity index (χ2v) is 2.05. The Morgan fingerprint density at radius 3 is 1.67 bits per heavy atom. The van der Waals surface area contributed by atoms with Crippen LogP contribution >= 0.6 is 0 Å². The highest BCUT2D eigenvalue weighted by Crippen LogP contribution is 2.23. The molecule has 1 rings (SSSR count). The van der Waals surface area contributed by atoms with Gasteiger partial charge in [0.05, 0.1) is 12.2 Å². The van der Waals surface area contributed by atoms with E-state index in [4.69, 9.17) is 4.74 Å². The van der Waals surface area contributed by atoms with Crippen molar-refractivity contribution in [1.82, 2.24) is 0 Å². The number of rotatable bonds is 0. The summed E-state index contributed by atoms with van der Waals surface area (Å²) < 4.78 is 4.90. The summed E-state index contributed by atoms with van der Waals surface area (Å²) in [7, 11) is 0. The van der Waals surface area contributed by atoms with Crippen LogP contribution in [-0.4, -0.2) is 23.2 Å². The molecule has 0 atom stereocenters. The van der Waals surface area contributed by atoms with Gasteiger partial charge in [0.1, 0.15) is 0 Å². The van der Waals surface area contributed by atoms with Gasteiger partial charge in [-0.05, 0) is 24.8 Å². The lowest BCUT2D eigenvalue weighted by molar-refractivity contribution is 0.344. The van der Waals surface area contributed by atoms with Crippen LogP contribution < -0.4 is 0 Å². The fourth-order valence-electron chi connectivity index (χ4n) is 0.144. The Labute approximate surface area is 42.7 Å². The third-order valence-corrected chi connectivity index (χ3v) is 0.722. The molecule has 1 nitrogen and oxygen atoms in total. The first kappa shape index (κ1) is 6.18. The van der Waals surface area contributed by atoms with Crippen molar-refractivity contribution in [2.45, 2.75) is 19.4 Å². The Bertz CT molecular complexity index is 45.5. The SMILES string of the molecule is CC1(C)CO1.[SiH4]. The van der Waals surface area contributed by atoms with E-state index in [0.29, 0.717) is 0 Å². The van der Waals surface area contributed by atoms with Crippen molar-refractivity contribution in [2.24, 2.45) is 0 Å². The standard InChI is InChI=1S/C4H8O.H4Si/c1-4(2)3-5-4;/h3H2,1-2H3;1H4. The summed E-state index contributed by atoms with van der Waals surface area (Å²) in [5.74, 6) is 0. The fraction of sp³-hybridized carbons (Fsp3) is 1.00. The van der Waals surface area contributed by atoms with Gasteiger partial charge in [0, 0.05) is 0 Å². The molecule has 2 heteroatoms. The smallest absolute Gasteiger partial charge is 0.0860 e. The molecule has 6 heavy (non-hydrogen) atoms. The molecule has 0 bridgehead atoms. The van der Waals surface area contributed by atoms with Crippen LogP contribution in [0.2, 0.25) is 0 Å². The molecule has 1 heterocycles. The van der Waals surface area contributed by atoms with Gasteiger partial charge in [-0.1, -0.05) is 0 Å². The van der Waals surface area contributed by atoms with Crippen molar-refractivity contribution in [1.29, 1.82) is 0 Å². The Morgan fingerprint density at radius 2 is 1.67 bits per heavy atom. The van der Waals surface area contributed by atoms with Crippen LogP contribution in [-0.2, 0) is 4.74 Å². The second kappa shape index (κ2) is 1.35. The van der Waals surface area contributed by atoms with Crippen molar-refractivity contribution in [3.8, 4) is 0 Å². The second-order valence-electron chi connectivity index (χ2n) is 2.05. The van der Waals surface area contributed by atoms with Crippen LogP contribution in [0.25, 0.3) is 0 Å². The van der Waals surface area contributed by atoms with Crippen LogP contribution in [0, 0.1) is 0 Å². The Hall–Kier alpha value is 0.177. The lowest BCUT2D eigenvalue weighted by Gasteiger charge is -1.81. The molecule has 0 aliphatic carbocycles. The maximum atomic E-state index is 4.90. The molecular weight excluding hydrogens is 92.1 g/mol. The summed E-state index contributed by atoms with van der Waals surface area (Å²) in [4.78, 5) is 0. The molecule has 0 N–H and O–H groups in total. The molecule has 1 fully saturated rings. The molecule has 1 aliphatic heterocycles. The minimum Gasteiger partial charge on any atom is -0.370 e. The molecule has 0 radical (unpaired) electrons. The first-order chi connectivity index (χ1) is 2.21. The first-order valence-corrected chi connectivity index (χ1v) is 1.85. The highest BCUT2D eigenvalue weighted by Gasteiger charge is 2.32. The number of ether oxygens (including phenoxy) is 1. The van der Waals surface area contributed by atoms with Crippen molar-refractivity contribution in [2.75, 3.05) is 6.61 Å². The van der Waals surface area contributed by atoms with Crippen molar-refractivity contribution in [3.63, 3.8) is 0 Å². The largest absolute Gasteiger partial charge is 0.370 e. The fourth-order valence-corrected chi connectivity index (χ4v) is 0.144. The summed E-state index contributed by atoms with van der Waals surface area (Å²) in [6, 6.07) is 0. The highest BCUT2D eigenvalue weighted by molar-refractivity contribution is 5.75. The van der Waals surface area contributed by atoms with Crippen LogP contribution in [0.3, 0.4) is 0 Å². The third kappa shape index (κ3) is 1.57. The Morgan fingerprint density at radius 1 is 1.50 bits per heavy atom. The molecule has 0 aromatic carbocycles. The van der Waals surface area contributed by atoms with E-state index in [-0.39, 0.29) is 16.6 Å². The minimum atomic E-state index is 0. The van der Waals surface area contributed by atoms with E-state index in [1.165, 1.54) is 0 Å². The Kier molecular flexibility index (Phi) is 1.39. The Balaban J connectivity index is 0.000000250. The maximum absolute atomic E-state index is 4.90. The van der Waals surface area contributed by atoms with E-state index in [0.717, 1.165) is 6.61 Å².